The second-order valence-electron chi connectivity index (χ2n) is 13.2. The van der Waals surface area contributed by atoms with Gasteiger partial charge in [-0.15, -0.1) is 0 Å². The maximum Gasteiger partial charge on any atom is 0.251 e. The van der Waals surface area contributed by atoms with Crippen LogP contribution in [0.4, 0.5) is 0 Å². The highest BCUT2D eigenvalue weighted by Crippen LogP contribution is 2.32. The summed E-state index contributed by atoms with van der Waals surface area (Å²) in [5.74, 6) is 0.437. The maximum absolute atomic E-state index is 13.3. The highest BCUT2D eigenvalue weighted by atomic mass is 16.3. The second kappa shape index (κ2) is 21.3. The Morgan fingerprint density at radius 1 is 1.19 bits per heavy atom. The van der Waals surface area contributed by atoms with Crippen molar-refractivity contribution < 1.29 is 19.7 Å². The van der Waals surface area contributed by atoms with Crippen molar-refractivity contribution in [3.63, 3.8) is 0 Å². The molecule has 0 aromatic heterocycles. The van der Waals surface area contributed by atoms with E-state index >= 15 is 0 Å². The van der Waals surface area contributed by atoms with Gasteiger partial charge in [-0.1, -0.05) is 75.8 Å². The number of nitrogens with two attached hydrogens (primary N) is 1. The Balaban J connectivity index is 0.000000693. The van der Waals surface area contributed by atoms with E-state index in [0.29, 0.717) is 24.4 Å². The van der Waals surface area contributed by atoms with Crippen LogP contribution in [-0.4, -0.2) is 78.1 Å². The summed E-state index contributed by atoms with van der Waals surface area (Å²) in [4.78, 5) is 29.8. The van der Waals surface area contributed by atoms with Crippen LogP contribution in [0.2, 0.25) is 0 Å². The lowest BCUT2D eigenvalue weighted by molar-refractivity contribution is -0.529. The monoisotopic (exact) mass is 666 g/mol. The number of carbonyl (C=O) groups is 2. The van der Waals surface area contributed by atoms with E-state index in [1.165, 1.54) is 29.5 Å². The molecule has 2 aliphatic rings. The Morgan fingerprint density at radius 2 is 1.83 bits per heavy atom. The Kier molecular flexibility index (Phi) is 18.8. The molecule has 1 heterocycles. The van der Waals surface area contributed by atoms with Gasteiger partial charge < -0.3 is 21.1 Å². The average molecular weight is 666 g/mol. The Morgan fingerprint density at radius 3 is 2.42 bits per heavy atom. The van der Waals surface area contributed by atoms with E-state index in [-0.39, 0.29) is 29.9 Å². The average Bonchev–Trinajstić information content (AvgIpc) is 3.29. The smallest absolute Gasteiger partial charge is 0.251 e. The number of allylic oxidation sites excluding steroid dienone is 4. The standard InChI is InChI=1S/C27H43N5O2.C9H13NO.C3H8/c1-7-23(28)31-24(18(4)29-15-17(2)3)27(5)25(33)22(16-32(27)6)30-26(34)21-14-10-12-19-11-8-9-13-20(19)21;1-4-5-6-7-8(2)9(11)10-3;1-3-2/h10,12,14-15,18,22,24-25,29,33H,7-9,11,13,16H2,1-6H3,(H2,28,31)(H,30,34);4-7H,2H2,1,3H3,(H,10,11);3H2,1-2H3/p+1/b;5-4-,7-6-;. The molecule has 48 heavy (non-hydrogen) atoms. The van der Waals surface area contributed by atoms with Crippen LogP contribution >= 0.6 is 0 Å². The van der Waals surface area contributed by atoms with E-state index in [1.807, 2.05) is 65.2 Å². The van der Waals surface area contributed by atoms with Crippen molar-refractivity contribution in [2.75, 3.05) is 20.6 Å². The third kappa shape index (κ3) is 12.1. The van der Waals surface area contributed by atoms with Gasteiger partial charge in [-0.25, -0.2) is 0 Å². The Labute approximate surface area is 290 Å². The fourth-order valence-corrected chi connectivity index (χ4v) is 6.00. The van der Waals surface area contributed by atoms with Gasteiger partial charge in [0.25, 0.3) is 5.91 Å². The second-order valence-corrected chi connectivity index (χ2v) is 13.2. The van der Waals surface area contributed by atoms with Crippen molar-refractivity contribution in [3.05, 3.63) is 83.1 Å². The lowest BCUT2D eigenvalue weighted by atomic mass is 9.82. The van der Waals surface area contributed by atoms with Gasteiger partial charge in [0.2, 0.25) is 11.7 Å². The first-order chi connectivity index (χ1) is 22.7. The lowest BCUT2D eigenvalue weighted by Gasteiger charge is -2.41. The van der Waals surface area contributed by atoms with Crippen molar-refractivity contribution in [1.82, 2.24) is 20.9 Å². The van der Waals surface area contributed by atoms with E-state index in [9.17, 15) is 14.7 Å². The van der Waals surface area contributed by atoms with Gasteiger partial charge in [0.05, 0.1) is 23.7 Å². The summed E-state index contributed by atoms with van der Waals surface area (Å²) >= 11 is 0. The summed E-state index contributed by atoms with van der Waals surface area (Å²) in [6, 6.07) is 5.43. The minimum absolute atomic E-state index is 0.0160. The molecule has 9 heteroatoms. The first-order valence-electron chi connectivity index (χ1n) is 17.5. The highest BCUT2D eigenvalue weighted by molar-refractivity contribution is 5.96. The first-order valence-corrected chi connectivity index (χ1v) is 17.5. The number of likely N-dealkylation sites (N-methyl/N-ethyl adjacent to an activating group) is 2. The molecular weight excluding hydrogens is 600 g/mol. The Hall–Kier alpha value is -3.69. The van der Waals surface area contributed by atoms with Crippen molar-refractivity contribution in [2.45, 2.75) is 124 Å². The van der Waals surface area contributed by atoms with Gasteiger partial charge in [-0.2, -0.15) is 0 Å². The number of hydrogen-bond acceptors (Lipinski definition) is 5. The number of carbonyl (C=O) groups excluding carboxylic acids is 2. The predicted octanol–water partition coefficient (Wildman–Crippen LogP) is 3.68. The maximum atomic E-state index is 13.3. The van der Waals surface area contributed by atoms with Gasteiger partial charge in [0.15, 0.2) is 0 Å². The molecule has 0 bridgehead atoms. The quantitative estimate of drug-likeness (QED) is 0.0925. The zero-order valence-corrected chi connectivity index (χ0v) is 31.4. The van der Waals surface area contributed by atoms with E-state index in [1.54, 1.807) is 19.2 Å². The number of nitrogens with zero attached hydrogens (tertiary/aromatic N) is 1. The fourth-order valence-electron chi connectivity index (χ4n) is 6.00. The third-order valence-corrected chi connectivity index (χ3v) is 8.84. The number of aryl methyl sites for hydroxylation is 1. The third-order valence-electron chi connectivity index (χ3n) is 8.84. The number of aliphatic hydroxyl groups is 1. The molecule has 268 valence electrons. The van der Waals surface area contributed by atoms with Crippen LogP contribution in [0, 0.1) is 0 Å². The summed E-state index contributed by atoms with van der Waals surface area (Å²) < 4.78 is 0. The molecule has 1 fully saturated rings. The molecule has 0 saturated carbocycles. The largest absolute Gasteiger partial charge is 0.389 e. The van der Waals surface area contributed by atoms with E-state index in [0.717, 1.165) is 24.8 Å². The predicted molar refractivity (Wildman–Crippen MR) is 201 cm³/mol. The van der Waals surface area contributed by atoms with E-state index in [2.05, 4.69) is 66.2 Å². The fraction of sp³-hybridized carbons (Fsp3) is 0.564. The molecule has 1 saturated heterocycles. The number of fused-ring (bicyclic) bond motifs is 1. The first kappa shape index (κ1) is 42.3. The molecular formula is C39H65N6O3+. The number of aliphatic hydroxyl groups excluding tert-OH is 1. The van der Waals surface area contributed by atoms with Crippen LogP contribution in [-0.2, 0) is 17.6 Å². The van der Waals surface area contributed by atoms with Crippen LogP contribution in [0.15, 0.2) is 66.4 Å². The molecule has 3 rings (SSSR count). The number of benzene rings is 1. The Bertz CT molecular complexity index is 1310. The molecule has 1 aromatic rings. The number of hydrogen-bond donors (Lipinski definition) is 6. The van der Waals surface area contributed by atoms with E-state index < -0.39 is 11.6 Å². The number of rotatable bonds is 11. The van der Waals surface area contributed by atoms with Crippen LogP contribution in [0.25, 0.3) is 0 Å². The summed E-state index contributed by atoms with van der Waals surface area (Å²) in [6.07, 6.45) is 14.6. The summed E-state index contributed by atoms with van der Waals surface area (Å²) in [7, 11) is 3.58. The van der Waals surface area contributed by atoms with Crippen LogP contribution in [0.1, 0.15) is 103 Å². The van der Waals surface area contributed by atoms with Gasteiger partial charge in [-0.3, -0.25) is 25.2 Å². The SMILES string of the molecule is C=C(/C=C\C=C/C)C(=O)NC.CCC.CCC(N)=[NH+]C(C(C)NC=C(C)C)C1(C)C(O)C(NC(=O)c2cccc3c2CCCC3)CN1C. The van der Waals surface area contributed by atoms with Crippen LogP contribution < -0.4 is 26.7 Å². The van der Waals surface area contributed by atoms with Crippen LogP contribution in [0.5, 0.6) is 0 Å². The molecule has 0 radical (unpaired) electrons. The lowest BCUT2D eigenvalue weighted by Crippen LogP contribution is -2.92. The van der Waals surface area contributed by atoms with Gasteiger partial charge in [0, 0.05) is 31.1 Å². The van der Waals surface area contributed by atoms with Crippen molar-refractivity contribution in [2.24, 2.45) is 5.73 Å². The molecule has 5 atom stereocenters. The minimum Gasteiger partial charge on any atom is -0.389 e. The zero-order valence-electron chi connectivity index (χ0n) is 31.4. The molecule has 2 amide bonds. The molecule has 7 N–H and O–H groups in total. The van der Waals surface area contributed by atoms with E-state index in [4.69, 9.17) is 5.73 Å². The number of likely N-dealkylation sites (tertiary alicyclic amines) is 1. The molecule has 5 unspecified atom stereocenters. The zero-order chi connectivity index (χ0) is 36.4. The molecule has 1 aliphatic carbocycles. The van der Waals surface area contributed by atoms with Crippen molar-refractivity contribution in [3.8, 4) is 0 Å². The van der Waals surface area contributed by atoms with Gasteiger partial charge >= 0.3 is 0 Å². The van der Waals surface area contributed by atoms with Crippen molar-refractivity contribution in [1.29, 1.82) is 0 Å². The van der Waals surface area contributed by atoms with Crippen LogP contribution in [0.3, 0.4) is 0 Å². The normalized spacial score (nSPS) is 21.9. The topological polar surface area (TPSA) is 134 Å². The van der Waals surface area contributed by atoms with Gasteiger partial charge in [0.1, 0.15) is 6.04 Å². The number of amidine groups is 1. The molecule has 1 aromatic carbocycles. The molecule has 9 nitrogen and oxygen atoms in total. The number of nitrogens with one attached hydrogen (secondary N) is 4. The molecule has 1 aliphatic heterocycles. The molecule has 0 spiro atoms. The summed E-state index contributed by atoms with van der Waals surface area (Å²) in [5, 5.41) is 20.7. The summed E-state index contributed by atoms with van der Waals surface area (Å²) in [6.45, 7) is 20.5. The van der Waals surface area contributed by atoms with Crippen molar-refractivity contribution >= 4 is 17.6 Å². The number of amides is 2. The highest BCUT2D eigenvalue weighted by Gasteiger charge is 2.56. The van der Waals surface area contributed by atoms with Gasteiger partial charge in [-0.05, 0) is 90.7 Å². The minimum atomic E-state index is -0.779. The summed E-state index contributed by atoms with van der Waals surface area (Å²) in [5.41, 5.74) is 10.4.